The van der Waals surface area contributed by atoms with Gasteiger partial charge in [-0.15, -0.1) is 10.2 Å². The molecule has 1 aliphatic heterocycles. The fourth-order valence-corrected chi connectivity index (χ4v) is 2.70. The number of piperidine rings is 1. The van der Waals surface area contributed by atoms with Crippen molar-refractivity contribution in [2.24, 2.45) is 0 Å². The molecule has 2 heterocycles. The summed E-state index contributed by atoms with van der Waals surface area (Å²) in [5.74, 6) is 2.05. The second-order valence-electron chi connectivity index (χ2n) is 5.33. The molecule has 114 valence electrons. The van der Waals surface area contributed by atoms with Gasteiger partial charge in [0.15, 0.2) is 0 Å². The summed E-state index contributed by atoms with van der Waals surface area (Å²) in [4.78, 5) is 2.42. The Bertz CT molecular complexity index is 400. The van der Waals surface area contributed by atoms with Gasteiger partial charge in [-0.2, -0.15) is 0 Å². The predicted octanol–water partition coefficient (Wildman–Crippen LogP) is 0.970. The number of aryl methyl sites for hydroxylation is 1. The molecule has 1 aromatic rings. The van der Waals surface area contributed by atoms with Crippen molar-refractivity contribution in [3.05, 3.63) is 11.6 Å². The number of nitrogens with zero attached hydrogens (tertiary/aromatic N) is 4. The highest BCUT2D eigenvalue weighted by Crippen LogP contribution is 2.16. The van der Waals surface area contributed by atoms with Crippen molar-refractivity contribution in [2.75, 3.05) is 26.3 Å². The Labute approximate surface area is 120 Å². The number of likely N-dealkylation sites (tertiary alicyclic amines) is 1. The van der Waals surface area contributed by atoms with E-state index in [2.05, 4.69) is 26.6 Å². The van der Waals surface area contributed by atoms with Crippen LogP contribution >= 0.6 is 0 Å². The number of hydrogen-bond acceptors (Lipinski definition) is 5. The van der Waals surface area contributed by atoms with E-state index in [1.807, 2.05) is 6.92 Å². The topological polar surface area (TPSA) is 63.4 Å². The van der Waals surface area contributed by atoms with Crippen LogP contribution in [0, 0.1) is 6.92 Å². The van der Waals surface area contributed by atoms with E-state index >= 15 is 0 Å². The van der Waals surface area contributed by atoms with Crippen molar-refractivity contribution in [3.63, 3.8) is 0 Å². The molecule has 1 saturated heterocycles. The fraction of sp³-hybridized carbons (Fsp3) is 0.857. The van der Waals surface area contributed by atoms with Crippen molar-refractivity contribution in [1.29, 1.82) is 0 Å². The van der Waals surface area contributed by atoms with Gasteiger partial charge in [-0.05, 0) is 33.1 Å². The second-order valence-corrected chi connectivity index (χ2v) is 5.33. The van der Waals surface area contributed by atoms with Crippen molar-refractivity contribution in [3.8, 4) is 0 Å². The minimum Gasteiger partial charge on any atom is -0.396 e. The molecule has 6 heteroatoms. The molecule has 0 saturated carbocycles. The summed E-state index contributed by atoms with van der Waals surface area (Å²) < 4.78 is 7.92. The lowest BCUT2D eigenvalue weighted by molar-refractivity contribution is 0.000161. The third kappa shape index (κ3) is 4.01. The zero-order valence-corrected chi connectivity index (χ0v) is 12.6. The maximum absolute atomic E-state index is 8.75. The molecule has 2 rings (SSSR count). The van der Waals surface area contributed by atoms with Crippen molar-refractivity contribution in [2.45, 2.75) is 52.3 Å². The highest BCUT2D eigenvalue weighted by molar-refractivity contribution is 4.94. The first kappa shape index (κ1) is 15.4. The number of aliphatic hydroxyl groups is 1. The highest BCUT2D eigenvalue weighted by Gasteiger charge is 2.21. The Balaban J connectivity index is 1.76. The molecule has 1 aromatic heterocycles. The molecule has 0 aliphatic carbocycles. The number of ether oxygens (including phenoxy) is 1. The molecular formula is C14H26N4O2. The van der Waals surface area contributed by atoms with Gasteiger partial charge in [-0.25, -0.2) is 0 Å². The van der Waals surface area contributed by atoms with E-state index in [1.54, 1.807) is 0 Å². The first-order chi connectivity index (χ1) is 9.74. The summed E-state index contributed by atoms with van der Waals surface area (Å²) in [6, 6.07) is 0. The lowest BCUT2D eigenvalue weighted by Crippen LogP contribution is -2.37. The highest BCUT2D eigenvalue weighted by atomic mass is 16.5. The van der Waals surface area contributed by atoms with Gasteiger partial charge < -0.3 is 14.4 Å². The van der Waals surface area contributed by atoms with Gasteiger partial charge in [0.1, 0.15) is 11.6 Å². The molecule has 0 unspecified atom stereocenters. The van der Waals surface area contributed by atoms with E-state index in [4.69, 9.17) is 9.84 Å². The second kappa shape index (κ2) is 7.71. The summed E-state index contributed by atoms with van der Waals surface area (Å²) >= 11 is 0. The Morgan fingerprint density at radius 2 is 2.05 bits per heavy atom. The molecule has 0 radical (unpaired) electrons. The van der Waals surface area contributed by atoms with Crippen LogP contribution in [0.5, 0.6) is 0 Å². The van der Waals surface area contributed by atoms with Gasteiger partial charge >= 0.3 is 0 Å². The van der Waals surface area contributed by atoms with E-state index in [1.165, 1.54) is 0 Å². The maximum Gasteiger partial charge on any atom is 0.147 e. The zero-order valence-electron chi connectivity index (χ0n) is 12.6. The summed E-state index contributed by atoms with van der Waals surface area (Å²) in [6.45, 7) is 8.89. The van der Waals surface area contributed by atoms with Crippen LogP contribution in [0.2, 0.25) is 0 Å². The van der Waals surface area contributed by atoms with Gasteiger partial charge in [0, 0.05) is 32.8 Å². The van der Waals surface area contributed by atoms with Crippen molar-refractivity contribution in [1.82, 2.24) is 19.7 Å². The minimum absolute atomic E-state index is 0.213. The lowest BCUT2D eigenvalue weighted by atomic mass is 10.1. The SMILES string of the molecule is CCn1c(C)nnc1CN1CCC(OCCCO)CC1. The minimum atomic E-state index is 0.213. The predicted molar refractivity (Wildman–Crippen MR) is 76.4 cm³/mol. The van der Waals surface area contributed by atoms with Gasteiger partial charge in [0.2, 0.25) is 0 Å². The average Bonchev–Trinajstić information content (AvgIpc) is 2.81. The molecule has 1 N–H and O–H groups in total. The Hall–Kier alpha value is -0.980. The van der Waals surface area contributed by atoms with Crippen LogP contribution in [0.4, 0.5) is 0 Å². The smallest absolute Gasteiger partial charge is 0.147 e. The first-order valence-corrected chi connectivity index (χ1v) is 7.58. The fourth-order valence-electron chi connectivity index (χ4n) is 2.70. The van der Waals surface area contributed by atoms with Crippen LogP contribution in [0.15, 0.2) is 0 Å². The summed E-state index contributed by atoms with van der Waals surface area (Å²) in [5.41, 5.74) is 0. The van der Waals surface area contributed by atoms with Crippen molar-refractivity contribution < 1.29 is 9.84 Å². The van der Waals surface area contributed by atoms with E-state index in [9.17, 15) is 0 Å². The normalized spacial score (nSPS) is 17.8. The summed E-state index contributed by atoms with van der Waals surface area (Å²) in [5, 5.41) is 17.2. The van der Waals surface area contributed by atoms with Crippen LogP contribution in [-0.2, 0) is 17.8 Å². The third-order valence-corrected chi connectivity index (χ3v) is 3.88. The molecule has 0 bridgehead atoms. The number of aliphatic hydroxyl groups excluding tert-OH is 1. The molecule has 1 fully saturated rings. The van der Waals surface area contributed by atoms with E-state index in [-0.39, 0.29) is 6.61 Å². The number of aromatic nitrogens is 3. The van der Waals surface area contributed by atoms with Gasteiger partial charge in [-0.1, -0.05) is 0 Å². The molecule has 6 nitrogen and oxygen atoms in total. The Morgan fingerprint density at radius 3 is 2.70 bits per heavy atom. The first-order valence-electron chi connectivity index (χ1n) is 7.58. The van der Waals surface area contributed by atoms with E-state index < -0.39 is 0 Å². The number of hydrogen-bond donors (Lipinski definition) is 1. The largest absolute Gasteiger partial charge is 0.396 e. The summed E-state index contributed by atoms with van der Waals surface area (Å²) in [6.07, 6.45) is 3.21. The molecule has 0 aromatic carbocycles. The van der Waals surface area contributed by atoms with Gasteiger partial charge in [-0.3, -0.25) is 4.90 Å². The molecule has 1 aliphatic rings. The standard InChI is InChI=1S/C14H26N4O2/c1-3-18-12(2)15-16-14(18)11-17-7-5-13(6-8-17)20-10-4-9-19/h13,19H,3-11H2,1-2H3. The van der Waals surface area contributed by atoms with Crippen LogP contribution in [0.1, 0.15) is 37.8 Å². The van der Waals surface area contributed by atoms with Crippen LogP contribution in [0.25, 0.3) is 0 Å². The molecule has 20 heavy (non-hydrogen) atoms. The molecular weight excluding hydrogens is 256 g/mol. The van der Waals surface area contributed by atoms with Crippen LogP contribution < -0.4 is 0 Å². The van der Waals surface area contributed by atoms with Gasteiger partial charge in [0.25, 0.3) is 0 Å². The lowest BCUT2D eigenvalue weighted by Gasteiger charge is -2.31. The third-order valence-electron chi connectivity index (χ3n) is 3.88. The van der Waals surface area contributed by atoms with E-state index in [0.717, 1.165) is 57.1 Å². The quantitative estimate of drug-likeness (QED) is 0.755. The number of rotatable bonds is 7. The van der Waals surface area contributed by atoms with Gasteiger partial charge in [0.05, 0.1) is 12.6 Å². The van der Waals surface area contributed by atoms with Crippen LogP contribution in [0.3, 0.4) is 0 Å². The monoisotopic (exact) mass is 282 g/mol. The Kier molecular flexibility index (Phi) is 5.94. The zero-order chi connectivity index (χ0) is 14.4. The molecule has 0 spiro atoms. The summed E-state index contributed by atoms with van der Waals surface area (Å²) in [7, 11) is 0. The molecule has 0 amide bonds. The maximum atomic E-state index is 8.75. The molecule has 0 atom stereocenters. The Morgan fingerprint density at radius 1 is 1.30 bits per heavy atom. The van der Waals surface area contributed by atoms with E-state index in [0.29, 0.717) is 12.7 Å². The van der Waals surface area contributed by atoms with Crippen molar-refractivity contribution >= 4 is 0 Å². The van der Waals surface area contributed by atoms with Crippen LogP contribution in [-0.4, -0.2) is 57.2 Å². The average molecular weight is 282 g/mol.